The first-order valence-electron chi connectivity index (χ1n) is 5.76. The van der Waals surface area contributed by atoms with Gasteiger partial charge in [0.15, 0.2) is 0 Å². The largest absolute Gasteiger partial charge is 0.445 e. The number of rotatable bonds is 7. The SMILES string of the molecule is C=CCOC(=O)NC(C)(C=C)CCC=C(C)C. The molecule has 1 N–H and O–H groups in total. The topological polar surface area (TPSA) is 38.3 Å². The Bertz CT molecular complexity index is 303. The van der Waals surface area contributed by atoms with Gasteiger partial charge in [0.2, 0.25) is 0 Å². The summed E-state index contributed by atoms with van der Waals surface area (Å²) in [4.78, 5) is 11.4. The second kappa shape index (κ2) is 7.71. The number of alkyl carbamates (subject to hydrolysis) is 1. The van der Waals surface area contributed by atoms with Crippen LogP contribution in [0.1, 0.15) is 33.6 Å². The monoisotopic (exact) mass is 237 g/mol. The molecule has 0 saturated heterocycles. The minimum atomic E-state index is -0.440. The van der Waals surface area contributed by atoms with Crippen LogP contribution in [0.2, 0.25) is 0 Å². The minimum absolute atomic E-state index is 0.215. The van der Waals surface area contributed by atoms with Gasteiger partial charge in [0.05, 0.1) is 5.54 Å². The van der Waals surface area contributed by atoms with Crippen molar-refractivity contribution in [3.63, 3.8) is 0 Å². The van der Waals surface area contributed by atoms with Gasteiger partial charge in [-0.2, -0.15) is 0 Å². The number of carbonyl (C=O) groups excluding carboxylic acids is 1. The molecule has 0 radical (unpaired) electrons. The molecule has 0 heterocycles. The summed E-state index contributed by atoms with van der Waals surface area (Å²) >= 11 is 0. The van der Waals surface area contributed by atoms with Crippen LogP contribution in [-0.2, 0) is 4.74 Å². The molecule has 1 unspecified atom stereocenters. The Balaban J connectivity index is 4.26. The zero-order chi connectivity index (χ0) is 13.3. The van der Waals surface area contributed by atoms with Crippen LogP contribution < -0.4 is 5.32 Å². The van der Waals surface area contributed by atoms with E-state index in [2.05, 4.69) is 38.4 Å². The summed E-state index contributed by atoms with van der Waals surface area (Å²) in [5.41, 5.74) is 0.829. The van der Waals surface area contributed by atoms with Gasteiger partial charge in [-0.1, -0.05) is 30.4 Å². The van der Waals surface area contributed by atoms with Gasteiger partial charge in [0.1, 0.15) is 6.61 Å². The molecule has 0 aromatic carbocycles. The molecule has 3 heteroatoms. The highest BCUT2D eigenvalue weighted by atomic mass is 16.5. The number of ether oxygens (including phenoxy) is 1. The standard InChI is InChI=1S/C14H23NO2/c1-6-11-17-13(16)15-14(5,7-2)10-8-9-12(3)4/h6-7,9H,1-2,8,10-11H2,3-5H3,(H,15,16). The van der Waals surface area contributed by atoms with Crippen molar-refractivity contribution in [2.45, 2.75) is 39.2 Å². The molecular weight excluding hydrogens is 214 g/mol. The van der Waals surface area contributed by atoms with Crippen LogP contribution in [0.3, 0.4) is 0 Å². The molecule has 0 aliphatic heterocycles. The van der Waals surface area contributed by atoms with E-state index in [4.69, 9.17) is 4.74 Å². The van der Waals surface area contributed by atoms with Crippen molar-refractivity contribution in [1.82, 2.24) is 5.32 Å². The maximum absolute atomic E-state index is 11.4. The van der Waals surface area contributed by atoms with Crippen molar-refractivity contribution >= 4 is 6.09 Å². The molecule has 0 fully saturated rings. The smallest absolute Gasteiger partial charge is 0.408 e. The fourth-order valence-corrected chi connectivity index (χ4v) is 1.28. The maximum Gasteiger partial charge on any atom is 0.408 e. The predicted molar refractivity (Wildman–Crippen MR) is 71.9 cm³/mol. The zero-order valence-electron chi connectivity index (χ0n) is 11.1. The van der Waals surface area contributed by atoms with E-state index in [1.165, 1.54) is 11.6 Å². The van der Waals surface area contributed by atoms with E-state index in [9.17, 15) is 4.79 Å². The van der Waals surface area contributed by atoms with Gasteiger partial charge in [0, 0.05) is 0 Å². The van der Waals surface area contributed by atoms with Crippen molar-refractivity contribution in [2.75, 3.05) is 6.61 Å². The lowest BCUT2D eigenvalue weighted by Gasteiger charge is -2.26. The maximum atomic E-state index is 11.4. The fraction of sp³-hybridized carbons (Fsp3) is 0.500. The highest BCUT2D eigenvalue weighted by Gasteiger charge is 2.22. The van der Waals surface area contributed by atoms with Crippen molar-refractivity contribution in [2.24, 2.45) is 0 Å². The summed E-state index contributed by atoms with van der Waals surface area (Å²) in [5, 5.41) is 2.80. The molecule has 0 aromatic heterocycles. The quantitative estimate of drug-likeness (QED) is 0.687. The van der Waals surface area contributed by atoms with Crippen molar-refractivity contribution in [3.8, 4) is 0 Å². The summed E-state index contributed by atoms with van der Waals surface area (Å²) in [7, 11) is 0. The van der Waals surface area contributed by atoms with Gasteiger partial charge in [0.25, 0.3) is 0 Å². The van der Waals surface area contributed by atoms with Crippen LogP contribution in [0, 0.1) is 0 Å². The molecule has 0 aromatic rings. The van der Waals surface area contributed by atoms with Crippen molar-refractivity contribution in [3.05, 3.63) is 37.0 Å². The Morgan fingerprint density at radius 3 is 2.53 bits per heavy atom. The number of amides is 1. The number of hydrogen-bond acceptors (Lipinski definition) is 2. The third-order valence-corrected chi connectivity index (χ3v) is 2.39. The van der Waals surface area contributed by atoms with Crippen LogP contribution >= 0.6 is 0 Å². The lowest BCUT2D eigenvalue weighted by molar-refractivity contribution is 0.149. The van der Waals surface area contributed by atoms with Gasteiger partial charge < -0.3 is 10.1 Å². The van der Waals surface area contributed by atoms with Gasteiger partial charge in [-0.05, 0) is 33.6 Å². The first-order chi connectivity index (χ1) is 7.93. The summed E-state index contributed by atoms with van der Waals surface area (Å²) in [6, 6.07) is 0. The average Bonchev–Trinajstić information content (AvgIpc) is 2.25. The Labute approximate surface area is 104 Å². The van der Waals surface area contributed by atoms with Gasteiger partial charge >= 0.3 is 6.09 Å². The molecule has 3 nitrogen and oxygen atoms in total. The van der Waals surface area contributed by atoms with Crippen molar-refractivity contribution < 1.29 is 9.53 Å². The summed E-state index contributed by atoms with van der Waals surface area (Å²) in [6.07, 6.45) is 6.66. The minimum Gasteiger partial charge on any atom is -0.445 e. The molecule has 0 aliphatic rings. The van der Waals surface area contributed by atoms with Crippen LogP contribution in [0.5, 0.6) is 0 Å². The van der Waals surface area contributed by atoms with Gasteiger partial charge in [-0.3, -0.25) is 0 Å². The fourth-order valence-electron chi connectivity index (χ4n) is 1.28. The summed E-state index contributed by atoms with van der Waals surface area (Å²) in [6.45, 7) is 13.5. The highest BCUT2D eigenvalue weighted by Crippen LogP contribution is 2.15. The molecular formula is C14H23NO2. The molecule has 1 atom stereocenters. The molecule has 0 rings (SSSR count). The van der Waals surface area contributed by atoms with Gasteiger partial charge in [-0.25, -0.2) is 4.79 Å². The third-order valence-electron chi connectivity index (χ3n) is 2.39. The van der Waals surface area contributed by atoms with Crippen molar-refractivity contribution in [1.29, 1.82) is 0 Å². The van der Waals surface area contributed by atoms with E-state index in [-0.39, 0.29) is 6.61 Å². The molecule has 96 valence electrons. The lowest BCUT2D eigenvalue weighted by atomic mass is 9.95. The van der Waals surface area contributed by atoms with Crippen LogP contribution in [0.25, 0.3) is 0 Å². The molecule has 0 spiro atoms. The summed E-state index contributed by atoms with van der Waals surface area (Å²) in [5.74, 6) is 0. The molecule has 17 heavy (non-hydrogen) atoms. The van der Waals surface area contributed by atoms with Crippen LogP contribution in [0.15, 0.2) is 37.0 Å². The highest BCUT2D eigenvalue weighted by molar-refractivity contribution is 5.68. The Hall–Kier alpha value is -1.51. The summed E-state index contributed by atoms with van der Waals surface area (Å²) < 4.78 is 4.88. The Kier molecular flexibility index (Phi) is 7.03. The van der Waals surface area contributed by atoms with E-state index >= 15 is 0 Å². The van der Waals surface area contributed by atoms with E-state index in [0.29, 0.717) is 0 Å². The molecule has 0 bridgehead atoms. The molecule has 0 saturated carbocycles. The Morgan fingerprint density at radius 1 is 1.41 bits per heavy atom. The molecule has 0 aliphatic carbocycles. The predicted octanol–water partition coefficient (Wildman–Crippen LogP) is 3.59. The second-order valence-electron chi connectivity index (χ2n) is 4.45. The first-order valence-corrected chi connectivity index (χ1v) is 5.76. The van der Waals surface area contributed by atoms with E-state index in [1.54, 1.807) is 6.08 Å². The second-order valence-corrected chi connectivity index (χ2v) is 4.45. The zero-order valence-corrected chi connectivity index (χ0v) is 11.1. The van der Waals surface area contributed by atoms with Crippen LogP contribution in [-0.4, -0.2) is 18.2 Å². The number of nitrogens with one attached hydrogen (secondary N) is 1. The molecule has 1 amide bonds. The van der Waals surface area contributed by atoms with E-state index in [1.807, 2.05) is 6.92 Å². The van der Waals surface area contributed by atoms with Crippen LogP contribution in [0.4, 0.5) is 4.79 Å². The Morgan fingerprint density at radius 2 is 2.06 bits per heavy atom. The lowest BCUT2D eigenvalue weighted by Crippen LogP contribution is -2.44. The van der Waals surface area contributed by atoms with E-state index in [0.717, 1.165) is 12.8 Å². The number of hydrogen-bond donors (Lipinski definition) is 1. The average molecular weight is 237 g/mol. The number of carbonyl (C=O) groups is 1. The third kappa shape index (κ3) is 7.39. The normalized spacial score (nSPS) is 13.1. The first kappa shape index (κ1) is 15.5. The van der Waals surface area contributed by atoms with Gasteiger partial charge in [-0.15, -0.1) is 6.58 Å². The van der Waals surface area contributed by atoms with E-state index < -0.39 is 11.6 Å². The number of allylic oxidation sites excluding steroid dienone is 2.